The molecule has 11 nitrogen and oxygen atoms in total. The summed E-state index contributed by atoms with van der Waals surface area (Å²) in [6, 6.07) is 13.5. The van der Waals surface area contributed by atoms with E-state index in [1.807, 2.05) is 18.2 Å². The number of likely N-dealkylation sites (N-methyl/N-ethyl adjacent to an activating group) is 1. The number of nitrogens with zero attached hydrogens (tertiary/aromatic N) is 7. The average Bonchev–Trinajstić information content (AvgIpc) is 3.73. The molecule has 0 aliphatic carbocycles. The Balaban J connectivity index is 1.36. The first-order valence-corrected chi connectivity index (χ1v) is 13.6. The number of fused-ring (bicyclic) bond motifs is 1. The Labute approximate surface area is 227 Å². The quantitative estimate of drug-likeness (QED) is 0.268. The molecule has 0 saturated carbocycles. The Hall–Kier alpha value is -4.28. The Morgan fingerprint density at radius 3 is 2.62 bits per heavy atom. The first-order valence-electron chi connectivity index (χ1n) is 13.6. The van der Waals surface area contributed by atoms with Crippen LogP contribution in [0.1, 0.15) is 56.8 Å². The highest BCUT2D eigenvalue weighted by atomic mass is 16.2. The predicted octanol–water partition coefficient (Wildman–Crippen LogP) is 3.30. The van der Waals surface area contributed by atoms with Crippen molar-refractivity contribution in [3.63, 3.8) is 0 Å². The van der Waals surface area contributed by atoms with Gasteiger partial charge >= 0.3 is 0 Å². The Morgan fingerprint density at radius 1 is 1.05 bits per heavy atom. The highest BCUT2D eigenvalue weighted by Crippen LogP contribution is 2.26. The summed E-state index contributed by atoms with van der Waals surface area (Å²) in [6.45, 7) is 2.33. The van der Waals surface area contributed by atoms with Crippen LogP contribution in [0.25, 0.3) is 22.0 Å². The number of rotatable bonds is 12. The number of amides is 2. The summed E-state index contributed by atoms with van der Waals surface area (Å²) in [5.41, 5.74) is 7.01. The number of tetrazole rings is 1. The van der Waals surface area contributed by atoms with Crippen LogP contribution in [0.15, 0.2) is 48.7 Å². The Morgan fingerprint density at radius 2 is 1.82 bits per heavy atom. The van der Waals surface area contributed by atoms with Gasteiger partial charge in [-0.2, -0.15) is 0 Å². The standard InChI is InChI=1S/C28H35N9O2/c1-35(15-7-3-2-4-12-24(29)38)27(39)25(37-33-28(32-34-37)36-16-8-9-17-36)26-30-19-23(31-26)22-14-13-20-10-5-6-11-21(20)18-22/h5-6,10-11,13-14,18-19,25H,2-4,7-9,12,15-17H2,1H3,(H2,29,38)(H,30,31)/t25-/m0/s1. The number of primary amides is 1. The maximum absolute atomic E-state index is 13.8. The van der Waals surface area contributed by atoms with Gasteiger partial charge in [0.25, 0.3) is 11.9 Å². The van der Waals surface area contributed by atoms with Crippen LogP contribution in [0, 0.1) is 0 Å². The molecule has 0 spiro atoms. The van der Waals surface area contributed by atoms with Gasteiger partial charge < -0.3 is 20.5 Å². The fourth-order valence-corrected chi connectivity index (χ4v) is 5.00. The van der Waals surface area contributed by atoms with Crippen molar-refractivity contribution in [2.24, 2.45) is 5.73 Å². The molecular weight excluding hydrogens is 494 g/mol. The van der Waals surface area contributed by atoms with Crippen molar-refractivity contribution in [2.75, 3.05) is 31.6 Å². The summed E-state index contributed by atoms with van der Waals surface area (Å²) in [7, 11) is 1.78. The van der Waals surface area contributed by atoms with Crippen molar-refractivity contribution in [3.8, 4) is 11.3 Å². The van der Waals surface area contributed by atoms with Crippen molar-refractivity contribution in [2.45, 2.75) is 51.0 Å². The van der Waals surface area contributed by atoms with Crippen LogP contribution in [0.4, 0.5) is 5.95 Å². The van der Waals surface area contributed by atoms with Crippen molar-refractivity contribution < 1.29 is 9.59 Å². The Bertz CT molecular complexity index is 1420. The number of imidazole rings is 1. The van der Waals surface area contributed by atoms with Crippen molar-refractivity contribution in [1.29, 1.82) is 0 Å². The molecule has 1 aliphatic heterocycles. The van der Waals surface area contributed by atoms with Crippen LogP contribution in [-0.4, -0.2) is 73.6 Å². The summed E-state index contributed by atoms with van der Waals surface area (Å²) >= 11 is 0. The highest BCUT2D eigenvalue weighted by Gasteiger charge is 2.32. The zero-order valence-electron chi connectivity index (χ0n) is 22.3. The summed E-state index contributed by atoms with van der Waals surface area (Å²) in [6.07, 6.45) is 7.70. The molecule has 4 aromatic rings. The lowest BCUT2D eigenvalue weighted by Gasteiger charge is -2.22. The van der Waals surface area contributed by atoms with E-state index in [4.69, 9.17) is 5.73 Å². The molecule has 0 bridgehead atoms. The number of nitrogens with two attached hydrogens (primary N) is 1. The molecule has 5 rings (SSSR count). The smallest absolute Gasteiger partial charge is 0.266 e. The molecule has 3 heterocycles. The van der Waals surface area contributed by atoms with E-state index in [1.54, 1.807) is 18.1 Å². The van der Waals surface area contributed by atoms with Gasteiger partial charge in [0, 0.05) is 38.7 Å². The van der Waals surface area contributed by atoms with E-state index in [1.165, 1.54) is 4.80 Å². The van der Waals surface area contributed by atoms with Gasteiger partial charge in [0.1, 0.15) is 5.82 Å². The van der Waals surface area contributed by atoms with Gasteiger partial charge in [0.05, 0.1) is 11.9 Å². The van der Waals surface area contributed by atoms with Gasteiger partial charge in [-0.25, -0.2) is 4.98 Å². The molecule has 1 aliphatic rings. The largest absolute Gasteiger partial charge is 0.370 e. The predicted molar refractivity (Wildman–Crippen MR) is 149 cm³/mol. The molecule has 0 radical (unpaired) electrons. The molecule has 2 amide bonds. The number of carbonyl (C=O) groups is 2. The molecule has 1 atom stereocenters. The number of aromatic nitrogens is 6. The van der Waals surface area contributed by atoms with Crippen LogP contribution in [-0.2, 0) is 9.59 Å². The molecule has 3 N–H and O–H groups in total. The molecule has 2 aromatic heterocycles. The third-order valence-electron chi connectivity index (χ3n) is 7.23. The summed E-state index contributed by atoms with van der Waals surface area (Å²) < 4.78 is 0. The second kappa shape index (κ2) is 12.1. The minimum Gasteiger partial charge on any atom is -0.370 e. The van der Waals surface area contributed by atoms with Crippen LogP contribution < -0.4 is 10.6 Å². The second-order valence-corrected chi connectivity index (χ2v) is 10.1. The van der Waals surface area contributed by atoms with E-state index < -0.39 is 6.04 Å². The first-order chi connectivity index (χ1) is 19.0. The average molecular weight is 530 g/mol. The first kappa shape index (κ1) is 26.3. The SMILES string of the molecule is CN(CCCCCCC(N)=O)C(=O)[C@H](c1ncc(-c2ccc3ccccc3c2)[nH]1)n1nnc(N2CCCC2)n1. The summed E-state index contributed by atoms with van der Waals surface area (Å²) in [5, 5.41) is 15.4. The normalized spacial score (nSPS) is 14.1. The number of nitrogens with one attached hydrogen (secondary N) is 1. The van der Waals surface area contributed by atoms with Crippen molar-refractivity contribution >= 4 is 28.5 Å². The van der Waals surface area contributed by atoms with E-state index in [2.05, 4.69) is 54.5 Å². The third kappa shape index (κ3) is 6.24. The fourth-order valence-electron chi connectivity index (χ4n) is 5.00. The lowest BCUT2D eigenvalue weighted by atomic mass is 10.1. The number of H-pyrrole nitrogens is 1. The highest BCUT2D eigenvalue weighted by molar-refractivity contribution is 5.87. The second-order valence-electron chi connectivity index (χ2n) is 10.1. The molecular formula is C28H35N9O2. The van der Waals surface area contributed by atoms with E-state index in [0.29, 0.717) is 24.7 Å². The number of hydrogen-bond acceptors (Lipinski definition) is 7. The lowest BCUT2D eigenvalue weighted by molar-refractivity contribution is -0.133. The number of benzene rings is 2. The minimum atomic E-state index is -0.872. The van der Waals surface area contributed by atoms with E-state index in [-0.39, 0.29) is 11.8 Å². The topological polar surface area (TPSA) is 139 Å². The van der Waals surface area contributed by atoms with Gasteiger partial charge in [0.2, 0.25) is 11.9 Å². The van der Waals surface area contributed by atoms with Gasteiger partial charge in [-0.3, -0.25) is 9.59 Å². The van der Waals surface area contributed by atoms with Crippen molar-refractivity contribution in [1.82, 2.24) is 35.1 Å². The fraction of sp³-hybridized carbons (Fsp3) is 0.429. The summed E-state index contributed by atoms with van der Waals surface area (Å²) in [5.74, 6) is 0.544. The molecule has 2 aromatic carbocycles. The minimum absolute atomic E-state index is 0.170. The monoisotopic (exact) mass is 529 g/mol. The van der Waals surface area contributed by atoms with Gasteiger partial charge in [-0.15, -0.1) is 9.90 Å². The molecule has 39 heavy (non-hydrogen) atoms. The third-order valence-corrected chi connectivity index (χ3v) is 7.23. The molecule has 0 unspecified atom stereocenters. The Kier molecular flexibility index (Phi) is 8.14. The number of unbranched alkanes of at least 4 members (excludes halogenated alkanes) is 3. The molecule has 11 heteroatoms. The van der Waals surface area contributed by atoms with Crippen LogP contribution in [0.5, 0.6) is 0 Å². The number of anilines is 1. The maximum atomic E-state index is 13.8. The van der Waals surface area contributed by atoms with Gasteiger partial charge in [0.15, 0.2) is 0 Å². The van der Waals surface area contributed by atoms with E-state index >= 15 is 0 Å². The summed E-state index contributed by atoms with van der Waals surface area (Å²) in [4.78, 5) is 37.8. The molecule has 1 fully saturated rings. The molecule has 1 saturated heterocycles. The van der Waals surface area contributed by atoms with Crippen LogP contribution in [0.2, 0.25) is 0 Å². The van der Waals surface area contributed by atoms with Gasteiger partial charge in [-0.05, 0) is 47.7 Å². The van der Waals surface area contributed by atoms with Crippen molar-refractivity contribution in [3.05, 3.63) is 54.5 Å². The zero-order valence-corrected chi connectivity index (χ0v) is 22.3. The number of aromatic amines is 1. The maximum Gasteiger partial charge on any atom is 0.266 e. The number of hydrogen-bond donors (Lipinski definition) is 2. The van der Waals surface area contributed by atoms with Crippen LogP contribution in [0.3, 0.4) is 0 Å². The van der Waals surface area contributed by atoms with Gasteiger partial charge in [-0.1, -0.05) is 54.3 Å². The van der Waals surface area contributed by atoms with E-state index in [0.717, 1.165) is 73.6 Å². The lowest BCUT2D eigenvalue weighted by Crippen LogP contribution is -2.37. The molecule has 204 valence electrons. The number of carbonyl (C=O) groups excluding carboxylic acids is 2. The van der Waals surface area contributed by atoms with Crippen LogP contribution >= 0.6 is 0 Å². The zero-order chi connectivity index (χ0) is 27.2. The van der Waals surface area contributed by atoms with E-state index in [9.17, 15) is 9.59 Å².